The van der Waals surface area contributed by atoms with Crippen LogP contribution in [0.1, 0.15) is 27.2 Å². The minimum atomic E-state index is -0.658. The van der Waals surface area contributed by atoms with Gasteiger partial charge in [0.2, 0.25) is 0 Å². The number of rotatable bonds is 4. The summed E-state index contributed by atoms with van der Waals surface area (Å²) in [6.45, 7) is 6.08. The standard InChI is InChI=1S/C9H18BrNO3/c1-9(2,3)13-8(12)14-11(4)7-5-6-10/h5-7H2,1-4H3. The summed E-state index contributed by atoms with van der Waals surface area (Å²) in [5.74, 6) is 0. The van der Waals surface area contributed by atoms with Crippen molar-refractivity contribution in [3.8, 4) is 0 Å². The molecular weight excluding hydrogens is 250 g/mol. The lowest BCUT2D eigenvalue weighted by atomic mass is 10.2. The molecule has 5 heteroatoms. The summed E-state index contributed by atoms with van der Waals surface area (Å²) in [6, 6.07) is 0. The van der Waals surface area contributed by atoms with E-state index >= 15 is 0 Å². The van der Waals surface area contributed by atoms with Crippen molar-refractivity contribution in [3.63, 3.8) is 0 Å². The number of hydrogen-bond donors (Lipinski definition) is 0. The molecule has 84 valence electrons. The van der Waals surface area contributed by atoms with Gasteiger partial charge in [-0.25, -0.2) is 4.79 Å². The van der Waals surface area contributed by atoms with Gasteiger partial charge in [-0.3, -0.25) is 0 Å². The fourth-order valence-corrected chi connectivity index (χ4v) is 0.975. The molecular formula is C9H18BrNO3. The van der Waals surface area contributed by atoms with Crippen LogP contribution >= 0.6 is 15.9 Å². The van der Waals surface area contributed by atoms with Crippen LogP contribution in [0.5, 0.6) is 0 Å². The van der Waals surface area contributed by atoms with Gasteiger partial charge in [-0.2, -0.15) is 0 Å². The third-order valence-electron chi connectivity index (χ3n) is 1.23. The molecule has 0 aromatic carbocycles. The summed E-state index contributed by atoms with van der Waals surface area (Å²) >= 11 is 3.29. The lowest BCUT2D eigenvalue weighted by molar-refractivity contribution is -0.127. The minimum absolute atomic E-state index is 0.507. The second-order valence-corrected chi connectivity index (χ2v) is 4.74. The van der Waals surface area contributed by atoms with Crippen LogP contribution in [0.2, 0.25) is 0 Å². The van der Waals surface area contributed by atoms with E-state index in [1.807, 2.05) is 0 Å². The molecule has 0 unspecified atom stereocenters. The Kier molecular flexibility index (Phi) is 6.11. The van der Waals surface area contributed by atoms with Crippen molar-refractivity contribution in [2.75, 3.05) is 18.9 Å². The molecule has 14 heavy (non-hydrogen) atoms. The summed E-state index contributed by atoms with van der Waals surface area (Å²) in [4.78, 5) is 16.0. The number of alkyl halides is 1. The lowest BCUT2D eigenvalue weighted by Gasteiger charge is -2.21. The molecule has 0 atom stereocenters. The number of carbonyl (C=O) groups excluding carboxylic acids is 1. The van der Waals surface area contributed by atoms with Crippen LogP contribution in [-0.4, -0.2) is 35.7 Å². The van der Waals surface area contributed by atoms with Crippen molar-refractivity contribution in [3.05, 3.63) is 0 Å². The van der Waals surface area contributed by atoms with E-state index in [2.05, 4.69) is 15.9 Å². The van der Waals surface area contributed by atoms with Crippen LogP contribution in [0, 0.1) is 0 Å². The quantitative estimate of drug-likeness (QED) is 0.446. The van der Waals surface area contributed by atoms with Gasteiger partial charge in [0.25, 0.3) is 0 Å². The maximum absolute atomic E-state index is 11.1. The summed E-state index contributed by atoms with van der Waals surface area (Å²) in [5, 5.41) is 2.35. The topological polar surface area (TPSA) is 38.8 Å². The van der Waals surface area contributed by atoms with Gasteiger partial charge in [0.1, 0.15) is 5.60 Å². The van der Waals surface area contributed by atoms with Crippen molar-refractivity contribution >= 4 is 22.1 Å². The van der Waals surface area contributed by atoms with Crippen molar-refractivity contribution < 1.29 is 14.4 Å². The van der Waals surface area contributed by atoms with E-state index in [-0.39, 0.29) is 0 Å². The first-order chi connectivity index (χ1) is 6.35. The van der Waals surface area contributed by atoms with E-state index in [4.69, 9.17) is 9.57 Å². The number of nitrogens with zero attached hydrogens (tertiary/aromatic N) is 1. The highest BCUT2D eigenvalue weighted by Crippen LogP contribution is 2.08. The fraction of sp³-hybridized carbons (Fsp3) is 0.889. The highest BCUT2D eigenvalue weighted by atomic mass is 79.9. The smallest absolute Gasteiger partial charge is 0.427 e. The van der Waals surface area contributed by atoms with Crippen molar-refractivity contribution in [1.82, 2.24) is 5.06 Å². The third-order valence-corrected chi connectivity index (χ3v) is 1.79. The van der Waals surface area contributed by atoms with Gasteiger partial charge in [0.15, 0.2) is 0 Å². The van der Waals surface area contributed by atoms with Gasteiger partial charge < -0.3 is 9.57 Å². The maximum atomic E-state index is 11.1. The molecule has 0 heterocycles. The van der Waals surface area contributed by atoms with Crippen molar-refractivity contribution in [2.45, 2.75) is 32.8 Å². The van der Waals surface area contributed by atoms with E-state index in [1.54, 1.807) is 27.8 Å². The molecule has 0 aliphatic rings. The Balaban J connectivity index is 3.71. The molecule has 0 bridgehead atoms. The Hall–Kier alpha value is -0.290. The number of halogens is 1. The average Bonchev–Trinajstić information content (AvgIpc) is 1.96. The molecule has 0 radical (unpaired) electrons. The molecule has 0 saturated heterocycles. The molecule has 0 aromatic heterocycles. The molecule has 0 aliphatic carbocycles. The highest BCUT2D eigenvalue weighted by Gasteiger charge is 2.18. The van der Waals surface area contributed by atoms with Crippen LogP contribution in [0.15, 0.2) is 0 Å². The summed E-state index contributed by atoms with van der Waals surface area (Å²) in [6.07, 6.45) is 0.258. The normalized spacial score (nSPS) is 11.6. The van der Waals surface area contributed by atoms with E-state index in [0.717, 1.165) is 11.8 Å². The van der Waals surface area contributed by atoms with E-state index in [9.17, 15) is 4.79 Å². The second-order valence-electron chi connectivity index (χ2n) is 3.95. The van der Waals surface area contributed by atoms with E-state index in [1.165, 1.54) is 5.06 Å². The molecule has 0 saturated carbocycles. The molecule has 4 nitrogen and oxygen atoms in total. The number of hydrogen-bond acceptors (Lipinski definition) is 4. The number of ether oxygens (including phenoxy) is 1. The van der Waals surface area contributed by atoms with Gasteiger partial charge in [0.05, 0.1) is 0 Å². The summed E-state index contributed by atoms with van der Waals surface area (Å²) in [5.41, 5.74) is -0.507. The number of carbonyl (C=O) groups is 1. The largest absolute Gasteiger partial charge is 0.528 e. The predicted octanol–water partition coefficient (Wildman–Crippen LogP) is 2.57. The molecule has 0 aromatic rings. The Bertz CT molecular complexity index is 179. The van der Waals surface area contributed by atoms with Gasteiger partial charge >= 0.3 is 6.16 Å². The van der Waals surface area contributed by atoms with Crippen LogP contribution in [0.3, 0.4) is 0 Å². The van der Waals surface area contributed by atoms with E-state index < -0.39 is 11.8 Å². The Labute approximate surface area is 93.6 Å². The summed E-state index contributed by atoms with van der Waals surface area (Å²) < 4.78 is 4.97. The van der Waals surface area contributed by atoms with Gasteiger partial charge in [-0.05, 0) is 27.2 Å². The van der Waals surface area contributed by atoms with Crippen molar-refractivity contribution in [1.29, 1.82) is 0 Å². The van der Waals surface area contributed by atoms with Gasteiger partial charge in [-0.1, -0.05) is 15.9 Å². The zero-order valence-corrected chi connectivity index (χ0v) is 10.8. The maximum Gasteiger partial charge on any atom is 0.528 e. The van der Waals surface area contributed by atoms with Gasteiger partial charge in [0, 0.05) is 18.9 Å². The molecule has 0 spiro atoms. The first-order valence-electron chi connectivity index (χ1n) is 4.53. The van der Waals surface area contributed by atoms with Crippen LogP contribution in [-0.2, 0) is 9.57 Å². The van der Waals surface area contributed by atoms with Crippen LogP contribution in [0.4, 0.5) is 4.79 Å². The third kappa shape index (κ3) is 8.31. The fourth-order valence-electron chi connectivity index (χ4n) is 0.724. The van der Waals surface area contributed by atoms with Crippen LogP contribution < -0.4 is 0 Å². The van der Waals surface area contributed by atoms with Crippen molar-refractivity contribution in [2.24, 2.45) is 0 Å². The lowest BCUT2D eigenvalue weighted by Crippen LogP contribution is -2.30. The second kappa shape index (κ2) is 6.24. The summed E-state index contributed by atoms with van der Waals surface area (Å²) in [7, 11) is 1.70. The molecule has 0 N–H and O–H groups in total. The monoisotopic (exact) mass is 267 g/mol. The van der Waals surface area contributed by atoms with Gasteiger partial charge in [-0.15, -0.1) is 5.06 Å². The molecule has 0 amide bonds. The SMILES string of the molecule is CN(CCCBr)OC(=O)OC(C)(C)C. The van der Waals surface area contributed by atoms with Crippen LogP contribution in [0.25, 0.3) is 0 Å². The highest BCUT2D eigenvalue weighted by molar-refractivity contribution is 9.09. The predicted molar refractivity (Wildman–Crippen MR) is 58.4 cm³/mol. The molecule has 0 fully saturated rings. The average molecular weight is 268 g/mol. The Morgan fingerprint density at radius 2 is 2.00 bits per heavy atom. The minimum Gasteiger partial charge on any atom is -0.427 e. The number of hydroxylamine groups is 2. The molecule has 0 rings (SSSR count). The first-order valence-corrected chi connectivity index (χ1v) is 5.65. The Morgan fingerprint density at radius 3 is 2.43 bits per heavy atom. The Morgan fingerprint density at radius 1 is 1.43 bits per heavy atom. The first kappa shape index (κ1) is 13.7. The van der Waals surface area contributed by atoms with E-state index in [0.29, 0.717) is 6.54 Å². The zero-order chi connectivity index (χ0) is 11.2. The zero-order valence-electron chi connectivity index (χ0n) is 9.17. The molecule has 0 aliphatic heterocycles.